The Hall–Kier alpha value is -3.26. The van der Waals surface area contributed by atoms with E-state index in [0.29, 0.717) is 53.2 Å². The highest BCUT2D eigenvalue weighted by Crippen LogP contribution is 2.40. The summed E-state index contributed by atoms with van der Waals surface area (Å²) in [5.41, 5.74) is 0.675. The van der Waals surface area contributed by atoms with Crippen LogP contribution in [0.2, 0.25) is 0 Å². The van der Waals surface area contributed by atoms with Crippen LogP contribution in [0.4, 0.5) is 5.00 Å². The molecule has 1 aromatic heterocycles. The van der Waals surface area contributed by atoms with Gasteiger partial charge in [-0.05, 0) is 45.9 Å². The lowest BCUT2D eigenvalue weighted by molar-refractivity contribution is 0.0530. The average molecular weight is 458 g/mol. The minimum atomic E-state index is -0.475. The molecule has 3 aromatic rings. The van der Waals surface area contributed by atoms with Crippen LogP contribution in [-0.4, -0.2) is 38.3 Å². The van der Waals surface area contributed by atoms with E-state index >= 15 is 0 Å². The Morgan fingerprint density at radius 3 is 2.09 bits per heavy atom. The Morgan fingerprint density at radius 1 is 0.875 bits per heavy atom. The normalized spacial score (nSPS) is 10.6. The van der Waals surface area contributed by atoms with Gasteiger partial charge in [-0.2, -0.15) is 0 Å². The summed E-state index contributed by atoms with van der Waals surface area (Å²) in [6.45, 7) is 8.79. The molecule has 32 heavy (non-hydrogen) atoms. The molecule has 0 aliphatic rings. The lowest BCUT2D eigenvalue weighted by atomic mass is 10.1. The molecule has 170 valence electrons. The lowest BCUT2D eigenvalue weighted by Crippen LogP contribution is -2.15. The summed E-state index contributed by atoms with van der Waals surface area (Å²) in [5.74, 6) is 0.436. The Bertz CT molecular complexity index is 1080. The molecule has 1 N–H and O–H groups in total. The summed E-state index contributed by atoms with van der Waals surface area (Å²) < 4.78 is 23.2. The predicted molar refractivity (Wildman–Crippen MR) is 126 cm³/mol. The molecule has 0 bridgehead atoms. The van der Waals surface area contributed by atoms with E-state index in [4.69, 9.17) is 18.9 Å². The number of esters is 1. The van der Waals surface area contributed by atoms with Gasteiger partial charge in [0.2, 0.25) is 5.75 Å². The van der Waals surface area contributed by atoms with Crippen LogP contribution in [0, 0.1) is 0 Å². The van der Waals surface area contributed by atoms with E-state index in [9.17, 15) is 9.59 Å². The number of nitrogens with one attached hydrogen (secondary N) is 1. The number of amides is 1. The second-order valence-electron chi connectivity index (χ2n) is 6.58. The van der Waals surface area contributed by atoms with Crippen molar-refractivity contribution in [2.45, 2.75) is 27.7 Å². The largest absolute Gasteiger partial charge is 0.490 e. The fraction of sp³-hybridized carbons (Fsp3) is 0.333. The third-order valence-electron chi connectivity index (χ3n) is 4.47. The van der Waals surface area contributed by atoms with Gasteiger partial charge in [0.1, 0.15) is 10.6 Å². The molecule has 0 saturated carbocycles. The third kappa shape index (κ3) is 4.96. The molecule has 0 saturated heterocycles. The number of thiophene rings is 1. The van der Waals surface area contributed by atoms with Crippen molar-refractivity contribution in [2.75, 3.05) is 31.7 Å². The zero-order valence-electron chi connectivity index (χ0n) is 18.7. The number of fused-ring (bicyclic) bond motifs is 1. The molecule has 3 rings (SSSR count). The summed E-state index contributed by atoms with van der Waals surface area (Å²) in [5, 5.41) is 4.04. The molecule has 0 atom stereocenters. The van der Waals surface area contributed by atoms with Crippen LogP contribution in [-0.2, 0) is 4.74 Å². The van der Waals surface area contributed by atoms with Crippen molar-refractivity contribution in [3.63, 3.8) is 0 Å². The van der Waals surface area contributed by atoms with Gasteiger partial charge in [-0.3, -0.25) is 4.79 Å². The highest BCUT2D eigenvalue weighted by molar-refractivity contribution is 7.23. The van der Waals surface area contributed by atoms with Crippen molar-refractivity contribution < 1.29 is 28.5 Å². The van der Waals surface area contributed by atoms with E-state index < -0.39 is 11.9 Å². The van der Waals surface area contributed by atoms with Crippen molar-refractivity contribution in [3.05, 3.63) is 47.5 Å². The number of ether oxygens (including phenoxy) is 4. The number of hydrogen-bond acceptors (Lipinski definition) is 7. The van der Waals surface area contributed by atoms with E-state index in [0.717, 1.165) is 10.1 Å². The zero-order valence-corrected chi connectivity index (χ0v) is 19.5. The third-order valence-corrected chi connectivity index (χ3v) is 5.56. The molecule has 7 nitrogen and oxygen atoms in total. The Morgan fingerprint density at radius 2 is 1.50 bits per heavy atom. The van der Waals surface area contributed by atoms with Gasteiger partial charge in [-0.1, -0.05) is 18.2 Å². The maximum atomic E-state index is 13.2. The first-order chi connectivity index (χ1) is 15.5. The van der Waals surface area contributed by atoms with E-state index in [2.05, 4.69) is 5.32 Å². The van der Waals surface area contributed by atoms with Crippen LogP contribution in [0.5, 0.6) is 17.2 Å². The van der Waals surface area contributed by atoms with Gasteiger partial charge >= 0.3 is 5.97 Å². The minimum absolute atomic E-state index is 0.241. The standard InChI is InChI=1S/C24H27NO6S/c1-5-28-17-13-15(14-18(29-6-2)21(17)30-7-3)22(26)25-23-20(24(27)31-8-4)16-11-9-10-12-19(16)32-23/h9-14H,5-8H2,1-4H3,(H,25,26). The van der Waals surface area contributed by atoms with E-state index in [1.165, 1.54) is 11.3 Å². The fourth-order valence-corrected chi connectivity index (χ4v) is 4.32. The number of rotatable bonds is 10. The highest BCUT2D eigenvalue weighted by atomic mass is 32.1. The lowest BCUT2D eigenvalue weighted by Gasteiger charge is -2.17. The Kier molecular flexibility index (Phi) is 7.94. The van der Waals surface area contributed by atoms with Gasteiger partial charge in [0, 0.05) is 15.6 Å². The molecule has 0 spiro atoms. The quantitative estimate of drug-likeness (QED) is 0.403. The maximum Gasteiger partial charge on any atom is 0.341 e. The zero-order chi connectivity index (χ0) is 23.1. The first kappa shape index (κ1) is 23.4. The van der Waals surface area contributed by atoms with Crippen molar-refractivity contribution in [3.8, 4) is 17.2 Å². The van der Waals surface area contributed by atoms with Crippen LogP contribution >= 0.6 is 11.3 Å². The maximum absolute atomic E-state index is 13.2. The molecule has 8 heteroatoms. The first-order valence-corrected chi connectivity index (χ1v) is 11.4. The number of hydrogen-bond donors (Lipinski definition) is 1. The molecule has 2 aromatic carbocycles. The molecule has 0 aliphatic heterocycles. The second-order valence-corrected chi connectivity index (χ2v) is 7.63. The number of anilines is 1. The first-order valence-electron chi connectivity index (χ1n) is 10.6. The SMILES string of the molecule is CCOC(=O)c1c(NC(=O)c2cc(OCC)c(OCC)c(OCC)c2)sc2ccccc12. The van der Waals surface area contributed by atoms with Crippen molar-refractivity contribution in [2.24, 2.45) is 0 Å². The van der Waals surface area contributed by atoms with E-state index in [1.807, 2.05) is 45.0 Å². The summed E-state index contributed by atoms with van der Waals surface area (Å²) >= 11 is 1.32. The number of carbonyl (C=O) groups excluding carboxylic acids is 2. The molecule has 0 radical (unpaired) electrons. The van der Waals surface area contributed by atoms with Crippen LogP contribution < -0.4 is 19.5 Å². The average Bonchev–Trinajstić information content (AvgIpc) is 3.14. The topological polar surface area (TPSA) is 83.1 Å². The van der Waals surface area contributed by atoms with E-state index in [-0.39, 0.29) is 6.61 Å². The van der Waals surface area contributed by atoms with Crippen LogP contribution in [0.3, 0.4) is 0 Å². The molecule has 0 fully saturated rings. The van der Waals surface area contributed by atoms with Crippen LogP contribution in [0.15, 0.2) is 36.4 Å². The van der Waals surface area contributed by atoms with Crippen molar-refractivity contribution in [1.29, 1.82) is 0 Å². The van der Waals surface area contributed by atoms with E-state index in [1.54, 1.807) is 19.1 Å². The second kappa shape index (κ2) is 10.9. The van der Waals surface area contributed by atoms with Gasteiger partial charge in [-0.15, -0.1) is 11.3 Å². The number of carbonyl (C=O) groups is 2. The molecule has 0 unspecified atom stereocenters. The monoisotopic (exact) mass is 457 g/mol. The van der Waals surface area contributed by atoms with Gasteiger partial charge in [0.15, 0.2) is 11.5 Å². The molecule has 0 aliphatic carbocycles. The molecule has 1 amide bonds. The Labute approximate surface area is 191 Å². The predicted octanol–water partition coefficient (Wildman–Crippen LogP) is 5.53. The summed E-state index contributed by atoms with van der Waals surface area (Å²) in [7, 11) is 0. The molecular weight excluding hydrogens is 430 g/mol. The van der Waals surface area contributed by atoms with Crippen molar-refractivity contribution >= 4 is 38.3 Å². The van der Waals surface area contributed by atoms with Gasteiger partial charge in [0.05, 0.1) is 26.4 Å². The number of benzene rings is 2. The summed E-state index contributed by atoms with van der Waals surface area (Å²) in [6, 6.07) is 10.7. The van der Waals surface area contributed by atoms with Gasteiger partial charge < -0.3 is 24.3 Å². The van der Waals surface area contributed by atoms with Crippen LogP contribution in [0.25, 0.3) is 10.1 Å². The Balaban J connectivity index is 2.02. The fourth-order valence-electron chi connectivity index (χ4n) is 3.23. The van der Waals surface area contributed by atoms with Gasteiger partial charge in [-0.25, -0.2) is 4.79 Å². The minimum Gasteiger partial charge on any atom is -0.490 e. The molecular formula is C24H27NO6S. The summed E-state index contributed by atoms with van der Waals surface area (Å²) in [4.78, 5) is 25.8. The van der Waals surface area contributed by atoms with Gasteiger partial charge in [0.25, 0.3) is 5.91 Å². The summed E-state index contributed by atoms with van der Waals surface area (Å²) in [6.07, 6.45) is 0. The molecule has 1 heterocycles. The van der Waals surface area contributed by atoms with Crippen LogP contribution in [0.1, 0.15) is 48.4 Å². The smallest absolute Gasteiger partial charge is 0.341 e. The highest BCUT2D eigenvalue weighted by Gasteiger charge is 2.24. The van der Waals surface area contributed by atoms with Crippen molar-refractivity contribution in [1.82, 2.24) is 0 Å².